The van der Waals surface area contributed by atoms with Gasteiger partial charge in [-0.15, -0.1) is 0 Å². The Kier molecular flexibility index (Phi) is 4.93. The van der Waals surface area contributed by atoms with Gasteiger partial charge >= 0.3 is 0 Å². The normalized spacial score (nSPS) is 20.3. The van der Waals surface area contributed by atoms with Gasteiger partial charge in [0.2, 0.25) is 0 Å². The van der Waals surface area contributed by atoms with E-state index in [4.69, 9.17) is 5.73 Å². The van der Waals surface area contributed by atoms with Gasteiger partial charge in [-0.25, -0.2) is 9.97 Å². The molecule has 0 saturated carbocycles. The molecule has 6 nitrogen and oxygen atoms in total. The first-order valence-electron chi connectivity index (χ1n) is 6.88. The lowest BCUT2D eigenvalue weighted by Gasteiger charge is -2.36. The lowest BCUT2D eigenvalue weighted by molar-refractivity contribution is 0.247. The van der Waals surface area contributed by atoms with Crippen LogP contribution in [0.5, 0.6) is 0 Å². The average molecular weight is 264 g/mol. The van der Waals surface area contributed by atoms with E-state index in [1.54, 1.807) is 6.33 Å². The van der Waals surface area contributed by atoms with Gasteiger partial charge in [0.15, 0.2) is 0 Å². The van der Waals surface area contributed by atoms with Crippen LogP contribution in [-0.4, -0.2) is 61.2 Å². The Balaban J connectivity index is 2.03. The lowest BCUT2D eigenvalue weighted by atomic mass is 10.1. The van der Waals surface area contributed by atoms with Gasteiger partial charge in [-0.05, 0) is 26.4 Å². The zero-order valence-corrected chi connectivity index (χ0v) is 11.8. The Morgan fingerprint density at radius 1 is 1.53 bits per heavy atom. The van der Waals surface area contributed by atoms with Crippen molar-refractivity contribution in [2.75, 3.05) is 50.5 Å². The third-order valence-electron chi connectivity index (χ3n) is 3.61. The Hall–Kier alpha value is -1.40. The number of likely N-dealkylation sites (N-methyl/N-ethyl adjacent to an activating group) is 2. The molecule has 1 atom stereocenters. The maximum Gasteiger partial charge on any atom is 0.134 e. The molecule has 1 aromatic heterocycles. The quantitative estimate of drug-likeness (QED) is 0.801. The molecular weight excluding hydrogens is 240 g/mol. The fourth-order valence-corrected chi connectivity index (χ4v) is 2.48. The van der Waals surface area contributed by atoms with Crippen LogP contribution in [0.4, 0.5) is 11.6 Å². The molecule has 1 saturated heterocycles. The highest BCUT2D eigenvalue weighted by atomic mass is 15.2. The second-order valence-electron chi connectivity index (χ2n) is 5.15. The van der Waals surface area contributed by atoms with E-state index in [0.717, 1.165) is 24.7 Å². The molecule has 0 aliphatic carbocycles. The Bertz CT molecular complexity index is 396. The standard InChI is InChI=1S/C13H24N6/c1-18-7-3-4-11(9-18)19(2)13-8-12(15-6-5-14)16-10-17-13/h8,10-11H,3-7,9,14H2,1-2H3,(H,15,16,17). The Morgan fingerprint density at radius 2 is 2.37 bits per heavy atom. The zero-order chi connectivity index (χ0) is 13.7. The summed E-state index contributed by atoms with van der Waals surface area (Å²) in [5, 5.41) is 3.19. The van der Waals surface area contributed by atoms with Crippen LogP contribution < -0.4 is 16.0 Å². The average Bonchev–Trinajstić information content (AvgIpc) is 2.44. The zero-order valence-electron chi connectivity index (χ0n) is 11.8. The highest BCUT2D eigenvalue weighted by Crippen LogP contribution is 2.20. The minimum atomic E-state index is 0.524. The number of aromatic nitrogens is 2. The summed E-state index contributed by atoms with van der Waals surface area (Å²) in [6.45, 7) is 3.61. The van der Waals surface area contributed by atoms with Crippen molar-refractivity contribution in [1.82, 2.24) is 14.9 Å². The van der Waals surface area contributed by atoms with E-state index in [9.17, 15) is 0 Å². The third-order valence-corrected chi connectivity index (χ3v) is 3.61. The summed E-state index contributed by atoms with van der Waals surface area (Å²) in [6.07, 6.45) is 4.07. The topological polar surface area (TPSA) is 70.3 Å². The molecule has 2 rings (SSSR count). The minimum absolute atomic E-state index is 0.524. The van der Waals surface area contributed by atoms with E-state index in [0.29, 0.717) is 12.6 Å². The van der Waals surface area contributed by atoms with E-state index in [-0.39, 0.29) is 0 Å². The number of piperidine rings is 1. The largest absolute Gasteiger partial charge is 0.369 e. The van der Waals surface area contributed by atoms with Gasteiger partial charge in [0.1, 0.15) is 18.0 Å². The fraction of sp³-hybridized carbons (Fsp3) is 0.692. The molecule has 19 heavy (non-hydrogen) atoms. The van der Waals surface area contributed by atoms with E-state index in [1.807, 2.05) is 6.07 Å². The van der Waals surface area contributed by atoms with Crippen molar-refractivity contribution in [3.05, 3.63) is 12.4 Å². The molecule has 106 valence electrons. The highest BCUT2D eigenvalue weighted by Gasteiger charge is 2.22. The summed E-state index contributed by atoms with van der Waals surface area (Å²) in [6, 6.07) is 2.51. The number of likely N-dealkylation sites (tertiary alicyclic amines) is 1. The van der Waals surface area contributed by atoms with Crippen molar-refractivity contribution in [3.63, 3.8) is 0 Å². The number of nitrogens with one attached hydrogen (secondary N) is 1. The first-order valence-corrected chi connectivity index (χ1v) is 6.88. The molecule has 0 bridgehead atoms. The van der Waals surface area contributed by atoms with Crippen LogP contribution in [0, 0.1) is 0 Å². The molecule has 1 aliphatic heterocycles. The van der Waals surface area contributed by atoms with Gasteiger partial charge in [-0.3, -0.25) is 0 Å². The van der Waals surface area contributed by atoms with E-state index in [1.165, 1.54) is 19.4 Å². The maximum absolute atomic E-state index is 5.48. The van der Waals surface area contributed by atoms with Crippen LogP contribution in [0.25, 0.3) is 0 Å². The highest BCUT2D eigenvalue weighted by molar-refractivity contribution is 5.48. The van der Waals surface area contributed by atoms with Gasteiger partial charge < -0.3 is 20.9 Å². The number of hydrogen-bond donors (Lipinski definition) is 2. The summed E-state index contributed by atoms with van der Waals surface area (Å²) in [4.78, 5) is 13.2. The molecule has 0 spiro atoms. The summed E-state index contributed by atoms with van der Waals surface area (Å²) < 4.78 is 0. The molecule has 0 aromatic carbocycles. The first-order chi connectivity index (χ1) is 9.20. The van der Waals surface area contributed by atoms with Crippen LogP contribution in [-0.2, 0) is 0 Å². The molecule has 2 heterocycles. The smallest absolute Gasteiger partial charge is 0.134 e. The van der Waals surface area contributed by atoms with Crippen molar-refractivity contribution in [3.8, 4) is 0 Å². The molecule has 6 heteroatoms. The first kappa shape index (κ1) is 14.0. The molecule has 1 aliphatic rings. The number of hydrogen-bond acceptors (Lipinski definition) is 6. The molecule has 3 N–H and O–H groups in total. The molecule has 1 fully saturated rings. The van der Waals surface area contributed by atoms with Crippen LogP contribution >= 0.6 is 0 Å². The van der Waals surface area contributed by atoms with Crippen LogP contribution in [0.2, 0.25) is 0 Å². The predicted molar refractivity (Wildman–Crippen MR) is 78.5 cm³/mol. The summed E-state index contributed by atoms with van der Waals surface area (Å²) in [5.74, 6) is 1.81. The van der Waals surface area contributed by atoms with Crippen molar-refractivity contribution in [2.24, 2.45) is 5.73 Å². The van der Waals surface area contributed by atoms with Crippen LogP contribution in [0.3, 0.4) is 0 Å². The predicted octanol–water partition coefficient (Wildman–Crippen LogP) is 0.378. The summed E-state index contributed by atoms with van der Waals surface area (Å²) in [5.41, 5.74) is 5.48. The molecule has 1 unspecified atom stereocenters. The van der Waals surface area contributed by atoms with Gasteiger partial charge in [0.25, 0.3) is 0 Å². The second kappa shape index (κ2) is 6.68. The molecular formula is C13H24N6. The molecule has 0 amide bonds. The third kappa shape index (κ3) is 3.78. The molecule has 1 aromatic rings. The van der Waals surface area contributed by atoms with E-state index < -0.39 is 0 Å². The Labute approximate surface area is 115 Å². The minimum Gasteiger partial charge on any atom is -0.369 e. The van der Waals surface area contributed by atoms with Crippen molar-refractivity contribution in [2.45, 2.75) is 18.9 Å². The van der Waals surface area contributed by atoms with E-state index in [2.05, 4.69) is 39.2 Å². The number of nitrogens with zero attached hydrogens (tertiary/aromatic N) is 4. The van der Waals surface area contributed by atoms with Crippen LogP contribution in [0.1, 0.15) is 12.8 Å². The lowest BCUT2D eigenvalue weighted by Crippen LogP contribution is -2.45. The van der Waals surface area contributed by atoms with Crippen molar-refractivity contribution in [1.29, 1.82) is 0 Å². The fourth-order valence-electron chi connectivity index (χ4n) is 2.48. The van der Waals surface area contributed by atoms with Gasteiger partial charge in [-0.2, -0.15) is 0 Å². The van der Waals surface area contributed by atoms with Gasteiger partial charge in [-0.1, -0.05) is 0 Å². The number of rotatable bonds is 5. The second-order valence-corrected chi connectivity index (χ2v) is 5.15. The Morgan fingerprint density at radius 3 is 3.11 bits per heavy atom. The monoisotopic (exact) mass is 264 g/mol. The van der Waals surface area contributed by atoms with Crippen molar-refractivity contribution >= 4 is 11.6 Å². The number of anilines is 2. The SMILES string of the molecule is CN1CCCC(N(C)c2cc(NCCN)ncn2)C1. The van der Waals surface area contributed by atoms with Crippen LogP contribution in [0.15, 0.2) is 12.4 Å². The summed E-state index contributed by atoms with van der Waals surface area (Å²) in [7, 11) is 4.28. The van der Waals surface area contributed by atoms with Crippen molar-refractivity contribution < 1.29 is 0 Å². The van der Waals surface area contributed by atoms with Gasteiger partial charge in [0, 0.05) is 38.8 Å². The number of nitrogens with two attached hydrogens (primary N) is 1. The maximum atomic E-state index is 5.48. The van der Waals surface area contributed by atoms with E-state index >= 15 is 0 Å². The van der Waals surface area contributed by atoms with Gasteiger partial charge in [0.05, 0.1) is 0 Å². The summed E-state index contributed by atoms with van der Waals surface area (Å²) >= 11 is 0. The molecule has 0 radical (unpaired) electrons.